The second kappa shape index (κ2) is 5.32. The number of para-hydroxylation sites is 2. The summed E-state index contributed by atoms with van der Waals surface area (Å²) in [7, 11) is 0. The Morgan fingerprint density at radius 1 is 0.905 bits per heavy atom. The predicted octanol–water partition coefficient (Wildman–Crippen LogP) is 3.73. The summed E-state index contributed by atoms with van der Waals surface area (Å²) in [6.07, 6.45) is 1.42. The van der Waals surface area contributed by atoms with Crippen LogP contribution in [-0.4, -0.2) is 4.98 Å². The van der Waals surface area contributed by atoms with Crippen LogP contribution in [0.5, 0.6) is 0 Å². The van der Waals surface area contributed by atoms with Crippen molar-refractivity contribution in [3.05, 3.63) is 60.3 Å². The molecule has 0 amide bonds. The van der Waals surface area contributed by atoms with E-state index in [1.807, 2.05) is 60.7 Å². The van der Waals surface area contributed by atoms with Gasteiger partial charge in [-0.2, -0.15) is 10.5 Å². The zero-order chi connectivity index (χ0) is 14.7. The van der Waals surface area contributed by atoms with Crippen molar-refractivity contribution in [2.45, 2.75) is 0 Å². The minimum Gasteiger partial charge on any atom is -0.359 e. The van der Waals surface area contributed by atoms with Crippen LogP contribution in [0.15, 0.2) is 60.3 Å². The zero-order valence-corrected chi connectivity index (χ0v) is 11.0. The van der Waals surface area contributed by atoms with Crippen LogP contribution in [0.1, 0.15) is 0 Å². The molecule has 0 fully saturated rings. The Balaban J connectivity index is 2.29. The van der Waals surface area contributed by atoms with Crippen molar-refractivity contribution in [2.24, 2.45) is 0 Å². The predicted molar refractivity (Wildman–Crippen MR) is 82.2 cm³/mol. The van der Waals surface area contributed by atoms with Gasteiger partial charge in [0, 0.05) is 17.0 Å². The molecule has 0 aliphatic heterocycles. The van der Waals surface area contributed by atoms with Gasteiger partial charge in [0.15, 0.2) is 0 Å². The van der Waals surface area contributed by atoms with Gasteiger partial charge in [-0.15, -0.1) is 0 Å². The van der Waals surface area contributed by atoms with E-state index in [-0.39, 0.29) is 5.57 Å². The molecule has 0 saturated heterocycles. The second-order valence-electron chi connectivity index (χ2n) is 4.45. The number of rotatable bonds is 2. The van der Waals surface area contributed by atoms with E-state index in [9.17, 15) is 0 Å². The Kier molecular flexibility index (Phi) is 3.21. The van der Waals surface area contributed by atoms with Gasteiger partial charge in [0.2, 0.25) is 0 Å². The number of benzene rings is 2. The summed E-state index contributed by atoms with van der Waals surface area (Å²) in [5, 5.41) is 22.7. The molecule has 0 aliphatic rings. The van der Waals surface area contributed by atoms with Crippen LogP contribution in [0.4, 0.5) is 5.69 Å². The first-order valence-corrected chi connectivity index (χ1v) is 6.38. The van der Waals surface area contributed by atoms with Crippen LogP contribution < -0.4 is 5.32 Å². The minimum absolute atomic E-state index is 0.0278. The number of anilines is 1. The molecule has 0 saturated carbocycles. The summed E-state index contributed by atoms with van der Waals surface area (Å²) in [5.74, 6) is 0. The Hall–Kier alpha value is -3.37. The van der Waals surface area contributed by atoms with Gasteiger partial charge in [-0.1, -0.05) is 36.4 Å². The van der Waals surface area contributed by atoms with E-state index in [0.717, 1.165) is 27.5 Å². The molecule has 0 bridgehead atoms. The lowest BCUT2D eigenvalue weighted by Crippen LogP contribution is -1.94. The summed E-state index contributed by atoms with van der Waals surface area (Å²) < 4.78 is 0. The van der Waals surface area contributed by atoms with Gasteiger partial charge in [-0.05, 0) is 12.1 Å². The molecule has 2 aromatic carbocycles. The largest absolute Gasteiger partial charge is 0.359 e. The van der Waals surface area contributed by atoms with Gasteiger partial charge in [0.1, 0.15) is 17.7 Å². The summed E-state index contributed by atoms with van der Waals surface area (Å²) in [6, 6.07) is 19.2. The molecule has 0 aliphatic carbocycles. The number of allylic oxidation sites excluding steroid dienone is 1. The molecule has 4 nitrogen and oxygen atoms in total. The lowest BCUT2D eigenvalue weighted by atomic mass is 10.1. The zero-order valence-electron chi connectivity index (χ0n) is 11.0. The van der Waals surface area contributed by atoms with Gasteiger partial charge in [-0.25, -0.2) is 4.98 Å². The molecule has 1 aromatic heterocycles. The van der Waals surface area contributed by atoms with Crippen molar-refractivity contribution in [3.63, 3.8) is 0 Å². The van der Waals surface area contributed by atoms with Crippen LogP contribution in [0.3, 0.4) is 0 Å². The highest BCUT2D eigenvalue weighted by atomic mass is 14.9. The molecular weight excluding hydrogens is 260 g/mol. The van der Waals surface area contributed by atoms with Crippen molar-refractivity contribution >= 4 is 27.5 Å². The van der Waals surface area contributed by atoms with E-state index in [0.29, 0.717) is 0 Å². The van der Waals surface area contributed by atoms with E-state index < -0.39 is 0 Å². The fraction of sp³-hybridized carbons (Fsp3) is 0. The fourth-order valence-electron chi connectivity index (χ4n) is 2.23. The topological polar surface area (TPSA) is 72.5 Å². The average Bonchev–Trinajstić information content (AvgIpc) is 2.54. The summed E-state index contributed by atoms with van der Waals surface area (Å²) in [4.78, 5) is 4.62. The number of fused-ring (bicyclic) bond motifs is 2. The minimum atomic E-state index is 0.0278. The third-order valence-corrected chi connectivity index (χ3v) is 3.19. The van der Waals surface area contributed by atoms with Gasteiger partial charge in [-0.3, -0.25) is 0 Å². The first-order valence-electron chi connectivity index (χ1n) is 6.38. The number of nitrogens with zero attached hydrogens (tertiary/aromatic N) is 3. The van der Waals surface area contributed by atoms with Crippen LogP contribution >= 0.6 is 0 Å². The number of hydrogen-bond donors (Lipinski definition) is 1. The first kappa shape index (κ1) is 12.7. The van der Waals surface area contributed by atoms with Crippen LogP contribution in [0.25, 0.3) is 21.8 Å². The SMILES string of the molecule is N#CC(C#N)=CNc1c2ccccc2nc2ccccc12. The molecule has 4 heteroatoms. The Labute approximate surface area is 121 Å². The van der Waals surface area contributed by atoms with Gasteiger partial charge >= 0.3 is 0 Å². The third kappa shape index (κ3) is 2.27. The Morgan fingerprint density at radius 3 is 1.95 bits per heavy atom. The molecular formula is C17H10N4. The molecule has 0 atom stereocenters. The van der Waals surface area contributed by atoms with Crippen LogP contribution in [0, 0.1) is 22.7 Å². The van der Waals surface area contributed by atoms with Crippen molar-refractivity contribution in [3.8, 4) is 12.1 Å². The highest BCUT2D eigenvalue weighted by molar-refractivity contribution is 6.07. The van der Waals surface area contributed by atoms with Crippen molar-refractivity contribution in [2.75, 3.05) is 5.32 Å². The summed E-state index contributed by atoms with van der Waals surface area (Å²) in [5.41, 5.74) is 2.60. The number of hydrogen-bond acceptors (Lipinski definition) is 4. The lowest BCUT2D eigenvalue weighted by molar-refractivity contribution is 1.44. The van der Waals surface area contributed by atoms with E-state index >= 15 is 0 Å². The maximum atomic E-state index is 8.84. The third-order valence-electron chi connectivity index (χ3n) is 3.19. The average molecular weight is 270 g/mol. The monoisotopic (exact) mass is 270 g/mol. The van der Waals surface area contributed by atoms with Crippen molar-refractivity contribution < 1.29 is 0 Å². The summed E-state index contributed by atoms with van der Waals surface area (Å²) >= 11 is 0. The molecule has 3 rings (SSSR count). The van der Waals surface area contributed by atoms with Gasteiger partial charge < -0.3 is 5.32 Å². The standard InChI is InChI=1S/C17H10N4/c18-9-12(10-19)11-20-17-13-5-1-3-7-15(13)21-16-8-4-2-6-14(16)17/h1-8,11H,(H,20,21). The first-order chi connectivity index (χ1) is 10.3. The van der Waals surface area contributed by atoms with E-state index in [1.54, 1.807) is 0 Å². The van der Waals surface area contributed by atoms with Gasteiger partial charge in [0.25, 0.3) is 0 Å². The van der Waals surface area contributed by atoms with E-state index in [2.05, 4.69) is 10.3 Å². The number of nitrogens with one attached hydrogen (secondary N) is 1. The number of aromatic nitrogens is 1. The molecule has 98 valence electrons. The van der Waals surface area contributed by atoms with Crippen molar-refractivity contribution in [1.82, 2.24) is 4.98 Å². The maximum absolute atomic E-state index is 8.84. The van der Waals surface area contributed by atoms with Crippen LogP contribution in [-0.2, 0) is 0 Å². The molecule has 1 heterocycles. The van der Waals surface area contributed by atoms with Crippen molar-refractivity contribution in [1.29, 1.82) is 10.5 Å². The fourth-order valence-corrected chi connectivity index (χ4v) is 2.23. The quantitative estimate of drug-likeness (QED) is 0.568. The molecule has 21 heavy (non-hydrogen) atoms. The highest BCUT2D eigenvalue weighted by Gasteiger charge is 2.07. The Bertz CT molecular complexity index is 872. The normalized spacial score (nSPS) is 9.81. The molecule has 3 aromatic rings. The molecule has 0 radical (unpaired) electrons. The van der Waals surface area contributed by atoms with E-state index in [1.165, 1.54) is 6.20 Å². The smallest absolute Gasteiger partial charge is 0.145 e. The maximum Gasteiger partial charge on any atom is 0.145 e. The highest BCUT2D eigenvalue weighted by Crippen LogP contribution is 2.30. The molecule has 1 N–H and O–H groups in total. The summed E-state index contributed by atoms with van der Waals surface area (Å²) in [6.45, 7) is 0. The Morgan fingerprint density at radius 2 is 1.43 bits per heavy atom. The lowest BCUT2D eigenvalue weighted by Gasteiger charge is -2.10. The second-order valence-corrected chi connectivity index (χ2v) is 4.45. The molecule has 0 spiro atoms. The number of nitriles is 2. The number of pyridine rings is 1. The molecule has 0 unspecified atom stereocenters. The van der Waals surface area contributed by atoms with Crippen LogP contribution in [0.2, 0.25) is 0 Å². The van der Waals surface area contributed by atoms with Gasteiger partial charge in [0.05, 0.1) is 16.7 Å². The van der Waals surface area contributed by atoms with E-state index in [4.69, 9.17) is 10.5 Å².